The summed E-state index contributed by atoms with van der Waals surface area (Å²) in [7, 11) is 1.38. The van der Waals surface area contributed by atoms with E-state index < -0.39 is 34.5 Å². The molecule has 3 N–H and O–H groups in total. The van der Waals surface area contributed by atoms with Crippen molar-refractivity contribution in [2.45, 2.75) is 25.9 Å². The minimum absolute atomic E-state index is 0.164. The highest BCUT2D eigenvalue weighted by molar-refractivity contribution is 5.95. The van der Waals surface area contributed by atoms with E-state index in [9.17, 15) is 23.7 Å². The van der Waals surface area contributed by atoms with Gasteiger partial charge in [-0.3, -0.25) is 14.9 Å². The van der Waals surface area contributed by atoms with Crippen molar-refractivity contribution in [3.05, 3.63) is 63.7 Å². The normalized spacial score (nSPS) is 12.9. The molecule has 0 fully saturated rings. The van der Waals surface area contributed by atoms with Crippen LogP contribution in [0.15, 0.2) is 36.4 Å². The van der Waals surface area contributed by atoms with Crippen LogP contribution in [0.5, 0.6) is 5.75 Å². The maximum atomic E-state index is 13.9. The fraction of sp³-hybridized carbons (Fsp3) is 0.278. The molecule has 0 radical (unpaired) electrons. The SMILES string of the molecule is COc1ccc([N+](=O)[O-])cc1NC(=O)[C@@H](C)[NH2+][C@H](C)c1ccc(F)cc1F. The predicted molar refractivity (Wildman–Crippen MR) is 94.4 cm³/mol. The molecule has 7 nitrogen and oxygen atoms in total. The van der Waals surface area contributed by atoms with Gasteiger partial charge in [-0.25, -0.2) is 8.78 Å². The molecule has 0 saturated heterocycles. The first kappa shape index (κ1) is 20.2. The summed E-state index contributed by atoms with van der Waals surface area (Å²) in [6, 6.07) is 6.04. The summed E-state index contributed by atoms with van der Waals surface area (Å²) in [5.74, 6) is -1.53. The molecular weight excluding hydrogens is 360 g/mol. The third-order valence-electron chi connectivity index (χ3n) is 4.10. The van der Waals surface area contributed by atoms with Crippen LogP contribution in [0.3, 0.4) is 0 Å². The van der Waals surface area contributed by atoms with Crippen LogP contribution >= 0.6 is 0 Å². The van der Waals surface area contributed by atoms with Gasteiger partial charge in [0.15, 0.2) is 6.04 Å². The first-order valence-electron chi connectivity index (χ1n) is 8.16. The number of rotatable bonds is 7. The Labute approximate surface area is 154 Å². The highest BCUT2D eigenvalue weighted by atomic mass is 19.1. The van der Waals surface area contributed by atoms with Gasteiger partial charge >= 0.3 is 0 Å². The predicted octanol–water partition coefficient (Wildman–Crippen LogP) is 2.53. The minimum Gasteiger partial charge on any atom is -0.495 e. The Morgan fingerprint density at radius 2 is 1.93 bits per heavy atom. The molecule has 144 valence electrons. The Bertz CT molecular complexity index is 860. The molecular formula is C18H20F2N3O4+. The van der Waals surface area contributed by atoms with Gasteiger partial charge in [-0.1, -0.05) is 0 Å². The lowest BCUT2D eigenvalue weighted by Crippen LogP contribution is -2.91. The molecule has 0 saturated carbocycles. The van der Waals surface area contributed by atoms with E-state index >= 15 is 0 Å². The third kappa shape index (κ3) is 4.98. The second-order valence-corrected chi connectivity index (χ2v) is 6.07. The van der Waals surface area contributed by atoms with Crippen molar-refractivity contribution in [1.82, 2.24) is 0 Å². The number of nitrogens with zero attached hydrogens (tertiary/aromatic N) is 1. The number of carbonyl (C=O) groups is 1. The lowest BCUT2D eigenvalue weighted by Gasteiger charge is -2.18. The number of amides is 1. The Morgan fingerprint density at radius 3 is 2.52 bits per heavy atom. The van der Waals surface area contributed by atoms with Crippen LogP contribution in [-0.4, -0.2) is 24.0 Å². The summed E-state index contributed by atoms with van der Waals surface area (Å²) in [6.45, 7) is 3.30. The number of carbonyl (C=O) groups excluding carboxylic acids is 1. The highest BCUT2D eigenvalue weighted by Crippen LogP contribution is 2.28. The number of non-ortho nitro benzene ring substituents is 1. The van der Waals surface area contributed by atoms with Gasteiger partial charge in [0.1, 0.15) is 23.4 Å². The van der Waals surface area contributed by atoms with Crippen LogP contribution in [-0.2, 0) is 4.79 Å². The number of nitrogens with one attached hydrogen (secondary N) is 1. The molecule has 2 rings (SSSR count). The number of nitrogens with two attached hydrogens (primary N) is 1. The lowest BCUT2D eigenvalue weighted by molar-refractivity contribution is -0.710. The molecule has 0 heterocycles. The number of nitro groups is 1. The van der Waals surface area contributed by atoms with Gasteiger partial charge in [-0.2, -0.15) is 0 Å². The maximum absolute atomic E-state index is 13.9. The van der Waals surface area contributed by atoms with Gasteiger partial charge in [0.2, 0.25) is 0 Å². The molecule has 1 amide bonds. The van der Waals surface area contributed by atoms with Crippen molar-refractivity contribution in [1.29, 1.82) is 0 Å². The smallest absolute Gasteiger partial charge is 0.282 e. The third-order valence-corrected chi connectivity index (χ3v) is 4.10. The first-order chi connectivity index (χ1) is 12.7. The van der Waals surface area contributed by atoms with Gasteiger partial charge in [0, 0.05) is 23.8 Å². The zero-order chi connectivity index (χ0) is 20.1. The maximum Gasteiger partial charge on any atom is 0.282 e. The number of hydrogen-bond donors (Lipinski definition) is 2. The number of methoxy groups -OCH3 is 1. The lowest BCUT2D eigenvalue weighted by atomic mass is 10.1. The van der Waals surface area contributed by atoms with E-state index in [2.05, 4.69) is 5.32 Å². The Kier molecular flexibility index (Phi) is 6.40. The highest BCUT2D eigenvalue weighted by Gasteiger charge is 2.24. The number of ether oxygens (including phenoxy) is 1. The molecule has 0 aliphatic heterocycles. The minimum atomic E-state index is -0.688. The number of nitro benzene ring substituents is 1. The second kappa shape index (κ2) is 8.54. The van der Waals surface area contributed by atoms with E-state index in [4.69, 9.17) is 4.74 Å². The molecule has 27 heavy (non-hydrogen) atoms. The summed E-state index contributed by atoms with van der Waals surface area (Å²) in [4.78, 5) is 22.8. The molecule has 0 aliphatic rings. The van der Waals surface area contributed by atoms with Crippen LogP contribution in [0.2, 0.25) is 0 Å². The number of halogens is 2. The number of anilines is 1. The van der Waals surface area contributed by atoms with E-state index in [0.717, 1.165) is 12.1 Å². The average Bonchev–Trinajstić information content (AvgIpc) is 2.61. The molecule has 0 bridgehead atoms. The second-order valence-electron chi connectivity index (χ2n) is 6.07. The van der Waals surface area contributed by atoms with Gasteiger partial charge in [0.25, 0.3) is 11.6 Å². The Balaban J connectivity index is 2.11. The van der Waals surface area contributed by atoms with E-state index in [1.165, 1.54) is 31.4 Å². The monoisotopic (exact) mass is 380 g/mol. The molecule has 0 spiro atoms. The zero-order valence-corrected chi connectivity index (χ0v) is 15.0. The Morgan fingerprint density at radius 1 is 1.22 bits per heavy atom. The number of hydrogen-bond acceptors (Lipinski definition) is 4. The van der Waals surface area contributed by atoms with Crippen molar-refractivity contribution in [3.63, 3.8) is 0 Å². The van der Waals surface area contributed by atoms with Gasteiger partial charge in [-0.15, -0.1) is 0 Å². The van der Waals surface area contributed by atoms with Crippen molar-refractivity contribution in [2.75, 3.05) is 12.4 Å². The molecule has 2 aromatic rings. The van der Waals surface area contributed by atoms with E-state index in [1.54, 1.807) is 19.2 Å². The van der Waals surface area contributed by atoms with Crippen LogP contribution in [0.25, 0.3) is 0 Å². The average molecular weight is 380 g/mol. The van der Waals surface area contributed by atoms with Crippen molar-refractivity contribution < 1.29 is 28.6 Å². The van der Waals surface area contributed by atoms with Crippen molar-refractivity contribution >= 4 is 17.3 Å². The van der Waals surface area contributed by atoms with E-state index in [1.807, 2.05) is 0 Å². The summed E-state index contributed by atoms with van der Waals surface area (Å²) in [6.07, 6.45) is 0. The molecule has 2 atom stereocenters. The van der Waals surface area contributed by atoms with Crippen molar-refractivity contribution in [2.24, 2.45) is 0 Å². The zero-order valence-electron chi connectivity index (χ0n) is 15.0. The molecule has 2 aromatic carbocycles. The van der Waals surface area contributed by atoms with Crippen molar-refractivity contribution in [3.8, 4) is 5.75 Å². The number of quaternary nitrogens is 1. The van der Waals surface area contributed by atoms with Crippen LogP contribution in [0, 0.1) is 21.7 Å². The van der Waals surface area contributed by atoms with E-state index in [-0.39, 0.29) is 22.7 Å². The summed E-state index contributed by atoms with van der Waals surface area (Å²) in [5.41, 5.74) is 0.242. The summed E-state index contributed by atoms with van der Waals surface area (Å²) >= 11 is 0. The topological polar surface area (TPSA) is 98.1 Å². The van der Waals surface area contributed by atoms with Gasteiger partial charge < -0.3 is 15.4 Å². The number of benzene rings is 2. The largest absolute Gasteiger partial charge is 0.495 e. The fourth-order valence-electron chi connectivity index (χ4n) is 2.65. The van der Waals surface area contributed by atoms with E-state index in [0.29, 0.717) is 0 Å². The summed E-state index contributed by atoms with van der Waals surface area (Å²) < 4.78 is 32.0. The Hall–Kier alpha value is -3.07. The van der Waals surface area contributed by atoms with Crippen LogP contribution in [0.1, 0.15) is 25.5 Å². The molecule has 0 unspecified atom stereocenters. The van der Waals surface area contributed by atoms with Crippen LogP contribution in [0.4, 0.5) is 20.2 Å². The standard InChI is InChI=1S/C18H19F2N3O4/c1-10(14-6-4-12(19)8-15(14)20)21-11(2)18(24)22-16-9-13(23(25)26)5-7-17(16)27-3/h4-11,21H,1-3H3,(H,22,24)/p+1/t10-,11-/m1/s1. The van der Waals surface area contributed by atoms with Gasteiger partial charge in [-0.05, 0) is 32.0 Å². The van der Waals surface area contributed by atoms with Crippen LogP contribution < -0.4 is 15.4 Å². The quantitative estimate of drug-likeness (QED) is 0.570. The molecule has 0 aliphatic carbocycles. The first-order valence-corrected chi connectivity index (χ1v) is 8.16. The molecule has 0 aromatic heterocycles. The molecule has 9 heteroatoms. The summed E-state index contributed by atoms with van der Waals surface area (Å²) in [5, 5.41) is 15.1. The fourth-order valence-corrected chi connectivity index (χ4v) is 2.65. The van der Waals surface area contributed by atoms with Gasteiger partial charge in [0.05, 0.1) is 17.7 Å².